The van der Waals surface area contributed by atoms with Gasteiger partial charge >= 0.3 is 7.12 Å². The van der Waals surface area contributed by atoms with E-state index in [2.05, 4.69) is 5.32 Å². The fourth-order valence-corrected chi connectivity index (χ4v) is 2.17. The molecule has 0 spiro atoms. The van der Waals surface area contributed by atoms with Gasteiger partial charge in [-0.1, -0.05) is 0 Å². The monoisotopic (exact) mass is 265 g/mol. The topological polar surface area (TPSA) is 30.5 Å². The Morgan fingerprint density at radius 1 is 1.11 bits per heavy atom. The summed E-state index contributed by atoms with van der Waals surface area (Å²) < 4.78 is 25.6. The third-order valence-electron chi connectivity index (χ3n) is 4.19. The van der Waals surface area contributed by atoms with E-state index in [0.717, 1.165) is 16.7 Å². The average molecular weight is 265 g/mol. The number of nitrogens with one attached hydrogen (secondary N) is 1. The molecule has 1 fully saturated rings. The molecule has 2 rings (SSSR count). The molecule has 0 aliphatic carbocycles. The zero-order chi connectivity index (χ0) is 14.4. The van der Waals surface area contributed by atoms with Gasteiger partial charge in [-0.2, -0.15) is 0 Å². The lowest BCUT2D eigenvalue weighted by Crippen LogP contribution is -2.41. The van der Waals surface area contributed by atoms with E-state index in [1.54, 1.807) is 7.05 Å². The van der Waals surface area contributed by atoms with Crippen LogP contribution in [0, 0.1) is 12.7 Å². The molecule has 1 aromatic rings. The lowest BCUT2D eigenvalue weighted by molar-refractivity contribution is 0.00578. The van der Waals surface area contributed by atoms with Crippen LogP contribution in [0.4, 0.5) is 10.1 Å². The first-order valence-corrected chi connectivity index (χ1v) is 6.51. The molecule has 0 atom stereocenters. The van der Waals surface area contributed by atoms with Crippen LogP contribution in [-0.4, -0.2) is 25.4 Å². The van der Waals surface area contributed by atoms with Gasteiger partial charge in [0.1, 0.15) is 5.82 Å². The first-order chi connectivity index (χ1) is 8.68. The first kappa shape index (κ1) is 14.3. The van der Waals surface area contributed by atoms with Crippen molar-refractivity contribution in [2.24, 2.45) is 0 Å². The Morgan fingerprint density at radius 2 is 1.63 bits per heavy atom. The van der Waals surface area contributed by atoms with Gasteiger partial charge in [0.15, 0.2) is 0 Å². The fourth-order valence-electron chi connectivity index (χ4n) is 2.17. The summed E-state index contributed by atoms with van der Waals surface area (Å²) in [7, 11) is 1.24. The van der Waals surface area contributed by atoms with Gasteiger partial charge in [0.25, 0.3) is 0 Å². The Kier molecular flexibility index (Phi) is 3.39. The average Bonchev–Trinajstić information content (AvgIpc) is 2.50. The molecule has 5 heteroatoms. The Morgan fingerprint density at radius 3 is 2.11 bits per heavy atom. The van der Waals surface area contributed by atoms with Crippen molar-refractivity contribution in [1.82, 2.24) is 0 Å². The highest BCUT2D eigenvalue weighted by Crippen LogP contribution is 2.37. The van der Waals surface area contributed by atoms with Gasteiger partial charge in [0.2, 0.25) is 0 Å². The summed E-state index contributed by atoms with van der Waals surface area (Å²) in [6.07, 6.45) is 0. The Bertz CT molecular complexity index is 486. The summed E-state index contributed by atoms with van der Waals surface area (Å²) in [6, 6.07) is 2.96. The highest BCUT2D eigenvalue weighted by atomic mass is 19.1. The molecule has 0 saturated carbocycles. The molecule has 1 aliphatic rings. The molecule has 19 heavy (non-hydrogen) atoms. The van der Waals surface area contributed by atoms with Crippen molar-refractivity contribution < 1.29 is 13.7 Å². The normalized spacial score (nSPS) is 20.7. The van der Waals surface area contributed by atoms with E-state index >= 15 is 0 Å². The molecular formula is C14H21BFNO2. The molecule has 0 unspecified atom stereocenters. The highest BCUT2D eigenvalue weighted by Gasteiger charge is 2.52. The van der Waals surface area contributed by atoms with E-state index in [0.29, 0.717) is 0 Å². The minimum Gasteiger partial charge on any atom is -0.399 e. The summed E-state index contributed by atoms with van der Waals surface area (Å²) in [5, 5.41) is 2.99. The van der Waals surface area contributed by atoms with Crippen LogP contribution in [0.25, 0.3) is 0 Å². The van der Waals surface area contributed by atoms with Gasteiger partial charge in [-0.05, 0) is 57.8 Å². The van der Waals surface area contributed by atoms with Crippen LogP contribution in [0.5, 0.6) is 0 Å². The van der Waals surface area contributed by atoms with Crippen LogP contribution in [-0.2, 0) is 9.31 Å². The lowest BCUT2D eigenvalue weighted by atomic mass is 9.75. The van der Waals surface area contributed by atoms with Crippen LogP contribution in [0.1, 0.15) is 33.3 Å². The maximum atomic E-state index is 13.7. The fraction of sp³-hybridized carbons (Fsp3) is 0.571. The smallest absolute Gasteiger partial charge is 0.399 e. The van der Waals surface area contributed by atoms with Gasteiger partial charge < -0.3 is 14.6 Å². The van der Waals surface area contributed by atoms with E-state index in [1.807, 2.05) is 34.6 Å². The van der Waals surface area contributed by atoms with Crippen molar-refractivity contribution in [2.45, 2.75) is 45.8 Å². The van der Waals surface area contributed by atoms with Crippen molar-refractivity contribution >= 4 is 18.3 Å². The van der Waals surface area contributed by atoms with Crippen molar-refractivity contribution in [3.05, 3.63) is 23.5 Å². The van der Waals surface area contributed by atoms with E-state index in [-0.39, 0.29) is 5.82 Å². The first-order valence-electron chi connectivity index (χ1n) is 6.51. The van der Waals surface area contributed by atoms with Gasteiger partial charge in [0.05, 0.1) is 11.2 Å². The van der Waals surface area contributed by atoms with Crippen LogP contribution >= 0.6 is 0 Å². The molecule has 1 saturated heterocycles. The van der Waals surface area contributed by atoms with Crippen molar-refractivity contribution in [1.29, 1.82) is 0 Å². The van der Waals surface area contributed by atoms with E-state index in [4.69, 9.17) is 9.31 Å². The van der Waals surface area contributed by atoms with E-state index in [1.165, 1.54) is 12.1 Å². The zero-order valence-corrected chi connectivity index (χ0v) is 12.4. The van der Waals surface area contributed by atoms with Crippen molar-refractivity contribution in [3.8, 4) is 0 Å². The van der Waals surface area contributed by atoms with Gasteiger partial charge in [-0.15, -0.1) is 0 Å². The minimum atomic E-state index is -0.534. The van der Waals surface area contributed by atoms with Crippen LogP contribution in [0.3, 0.4) is 0 Å². The molecule has 104 valence electrons. The molecule has 1 N–H and O–H groups in total. The maximum absolute atomic E-state index is 13.7. The quantitative estimate of drug-likeness (QED) is 0.833. The Hall–Kier alpha value is -1.07. The Labute approximate surface area is 114 Å². The molecule has 3 nitrogen and oxygen atoms in total. The molecule has 1 aliphatic heterocycles. The number of rotatable bonds is 2. The van der Waals surface area contributed by atoms with Gasteiger partial charge in [0, 0.05) is 12.7 Å². The summed E-state index contributed by atoms with van der Waals surface area (Å²) in [5.74, 6) is -0.292. The second-order valence-corrected chi connectivity index (χ2v) is 6.01. The van der Waals surface area contributed by atoms with Gasteiger partial charge in [-0.25, -0.2) is 4.39 Å². The summed E-state index contributed by atoms with van der Waals surface area (Å²) in [4.78, 5) is 0. The van der Waals surface area contributed by atoms with Crippen molar-refractivity contribution in [2.75, 3.05) is 12.4 Å². The molecule has 0 radical (unpaired) electrons. The second kappa shape index (κ2) is 4.49. The van der Waals surface area contributed by atoms with E-state index in [9.17, 15) is 4.39 Å². The molecule has 1 aromatic carbocycles. The molecule has 0 amide bonds. The number of hydrogen-bond donors (Lipinski definition) is 1. The molecule has 0 aromatic heterocycles. The zero-order valence-electron chi connectivity index (χ0n) is 12.4. The second-order valence-electron chi connectivity index (χ2n) is 6.01. The summed E-state index contributed by atoms with van der Waals surface area (Å²) >= 11 is 0. The maximum Gasteiger partial charge on any atom is 0.495 e. The molecular weight excluding hydrogens is 244 g/mol. The third kappa shape index (κ3) is 2.37. The Balaban J connectivity index is 2.42. The number of halogens is 1. The SMILES string of the molecule is CNc1cc(F)cc(B2OC(C)(C)C(C)(C)O2)c1C. The number of hydrogen-bond acceptors (Lipinski definition) is 3. The summed E-state index contributed by atoms with van der Waals surface area (Å²) in [6.45, 7) is 9.88. The predicted molar refractivity (Wildman–Crippen MR) is 76.4 cm³/mol. The molecule has 1 heterocycles. The largest absolute Gasteiger partial charge is 0.495 e. The molecule has 0 bridgehead atoms. The van der Waals surface area contributed by atoms with Crippen LogP contribution in [0.2, 0.25) is 0 Å². The van der Waals surface area contributed by atoms with Crippen LogP contribution < -0.4 is 10.8 Å². The number of benzene rings is 1. The number of anilines is 1. The minimum absolute atomic E-state index is 0.292. The standard InChI is InChI=1S/C14H21BFNO2/c1-9-11(7-10(16)8-12(9)17-6)15-18-13(2,3)14(4,5)19-15/h7-8,17H,1-6H3. The van der Waals surface area contributed by atoms with Crippen molar-refractivity contribution in [3.63, 3.8) is 0 Å². The highest BCUT2D eigenvalue weighted by molar-refractivity contribution is 6.62. The third-order valence-corrected chi connectivity index (χ3v) is 4.19. The summed E-state index contributed by atoms with van der Waals surface area (Å²) in [5.41, 5.74) is 1.60. The van der Waals surface area contributed by atoms with Gasteiger partial charge in [-0.3, -0.25) is 0 Å². The predicted octanol–water partition coefficient (Wildman–Crippen LogP) is 2.48. The lowest BCUT2D eigenvalue weighted by Gasteiger charge is -2.32. The van der Waals surface area contributed by atoms with E-state index < -0.39 is 18.3 Å². The van der Waals surface area contributed by atoms with Crippen LogP contribution in [0.15, 0.2) is 12.1 Å².